The number of benzene rings is 2. The Morgan fingerprint density at radius 3 is 2.55 bits per heavy atom. The summed E-state index contributed by atoms with van der Waals surface area (Å²) >= 11 is 3.56. The molecule has 2 aromatic rings. The number of nitrogens with zero attached hydrogens (tertiary/aromatic N) is 1. The molecule has 2 unspecified atom stereocenters. The second-order valence-electron chi connectivity index (χ2n) is 7.70. The zero-order valence-corrected chi connectivity index (χ0v) is 18.2. The number of unbranched alkanes of at least 4 members (excludes halogenated alkanes) is 1. The summed E-state index contributed by atoms with van der Waals surface area (Å²) in [5.74, 6) is 1.15. The summed E-state index contributed by atoms with van der Waals surface area (Å²) in [4.78, 5) is 2.48. The van der Waals surface area contributed by atoms with Crippen molar-refractivity contribution >= 4 is 15.9 Å². The third-order valence-electron chi connectivity index (χ3n) is 5.57. The summed E-state index contributed by atoms with van der Waals surface area (Å²) < 4.78 is 45.3. The molecule has 29 heavy (non-hydrogen) atoms. The van der Waals surface area contributed by atoms with Gasteiger partial charge in [-0.15, -0.1) is 0 Å². The molecule has 2 nitrogen and oxygen atoms in total. The molecular formula is C23H27BrF3NO. The van der Waals surface area contributed by atoms with Crippen molar-refractivity contribution in [3.8, 4) is 5.75 Å². The van der Waals surface area contributed by atoms with E-state index in [0.29, 0.717) is 18.3 Å². The number of likely N-dealkylation sites (tertiary alicyclic amines) is 1. The van der Waals surface area contributed by atoms with Gasteiger partial charge in [-0.1, -0.05) is 41.4 Å². The van der Waals surface area contributed by atoms with Gasteiger partial charge in [-0.3, -0.25) is 0 Å². The minimum absolute atomic E-state index is 0.289. The van der Waals surface area contributed by atoms with Crippen LogP contribution in [0, 0.1) is 5.92 Å². The number of rotatable bonds is 7. The van der Waals surface area contributed by atoms with Gasteiger partial charge >= 0.3 is 6.18 Å². The third-order valence-corrected chi connectivity index (χ3v) is 6.06. The molecule has 0 N–H and O–H groups in total. The molecule has 0 aromatic heterocycles. The monoisotopic (exact) mass is 469 g/mol. The molecule has 2 atom stereocenters. The zero-order chi connectivity index (χ0) is 20.9. The number of hydrogen-bond acceptors (Lipinski definition) is 2. The van der Waals surface area contributed by atoms with Crippen LogP contribution in [0.15, 0.2) is 53.0 Å². The highest BCUT2D eigenvalue weighted by molar-refractivity contribution is 9.10. The van der Waals surface area contributed by atoms with Crippen molar-refractivity contribution in [1.29, 1.82) is 0 Å². The summed E-state index contributed by atoms with van der Waals surface area (Å²) in [6.45, 7) is 5.77. The van der Waals surface area contributed by atoms with E-state index in [0.717, 1.165) is 49.1 Å². The first-order valence-electron chi connectivity index (χ1n) is 10.1. The lowest BCUT2D eigenvalue weighted by atomic mass is 9.81. The van der Waals surface area contributed by atoms with Crippen LogP contribution in [-0.2, 0) is 6.18 Å². The predicted octanol–water partition coefficient (Wildman–Crippen LogP) is 6.75. The van der Waals surface area contributed by atoms with Crippen LogP contribution in [0.3, 0.4) is 0 Å². The van der Waals surface area contributed by atoms with Gasteiger partial charge in [-0.2, -0.15) is 13.2 Å². The number of alkyl halides is 3. The first kappa shape index (κ1) is 22.2. The smallest absolute Gasteiger partial charge is 0.416 e. The lowest BCUT2D eigenvalue weighted by molar-refractivity contribution is -0.137. The van der Waals surface area contributed by atoms with E-state index >= 15 is 0 Å². The lowest BCUT2D eigenvalue weighted by Gasteiger charge is -2.39. The molecule has 1 fully saturated rings. The van der Waals surface area contributed by atoms with Crippen LogP contribution in [0.4, 0.5) is 13.2 Å². The van der Waals surface area contributed by atoms with E-state index in [4.69, 9.17) is 4.74 Å². The molecule has 0 spiro atoms. The van der Waals surface area contributed by atoms with E-state index in [2.05, 4.69) is 46.0 Å². The SMILES string of the molecule is CCCCN1CCC(c2cccc(Br)c2)C(COc2ccc(C(F)(F)F)cc2)C1. The van der Waals surface area contributed by atoms with Gasteiger partial charge in [0.2, 0.25) is 0 Å². The molecule has 1 aliphatic heterocycles. The fourth-order valence-corrected chi connectivity index (χ4v) is 4.40. The molecule has 2 aromatic carbocycles. The summed E-state index contributed by atoms with van der Waals surface area (Å²) in [5, 5.41) is 0. The van der Waals surface area contributed by atoms with E-state index < -0.39 is 11.7 Å². The van der Waals surface area contributed by atoms with E-state index in [1.165, 1.54) is 24.1 Å². The Bertz CT molecular complexity index is 778. The largest absolute Gasteiger partial charge is 0.493 e. The van der Waals surface area contributed by atoms with Gasteiger partial charge in [-0.05, 0) is 73.8 Å². The van der Waals surface area contributed by atoms with Crippen molar-refractivity contribution in [3.63, 3.8) is 0 Å². The van der Waals surface area contributed by atoms with Gasteiger partial charge in [-0.25, -0.2) is 0 Å². The Balaban J connectivity index is 1.70. The number of piperidine rings is 1. The van der Waals surface area contributed by atoms with Crippen molar-refractivity contribution in [3.05, 3.63) is 64.1 Å². The highest BCUT2D eigenvalue weighted by Gasteiger charge is 2.32. The fraction of sp³-hybridized carbons (Fsp3) is 0.478. The standard InChI is InChI=1S/C23H27BrF3NO/c1-2-3-12-28-13-11-22(17-5-4-6-20(24)14-17)18(15-28)16-29-21-9-7-19(8-10-21)23(25,26)27/h4-10,14,18,22H,2-3,11-13,15-16H2,1H3. The van der Waals surface area contributed by atoms with Crippen LogP contribution in [0.25, 0.3) is 0 Å². The van der Waals surface area contributed by atoms with Crippen LogP contribution < -0.4 is 4.74 Å². The maximum atomic E-state index is 12.8. The zero-order valence-electron chi connectivity index (χ0n) is 16.6. The van der Waals surface area contributed by atoms with Crippen molar-refractivity contribution in [2.24, 2.45) is 5.92 Å². The first-order valence-corrected chi connectivity index (χ1v) is 10.9. The second-order valence-corrected chi connectivity index (χ2v) is 8.61. The molecule has 1 aliphatic rings. The Morgan fingerprint density at radius 2 is 1.90 bits per heavy atom. The topological polar surface area (TPSA) is 12.5 Å². The quantitative estimate of drug-likeness (QED) is 0.444. The molecule has 3 rings (SSSR count). The number of ether oxygens (including phenoxy) is 1. The number of hydrogen-bond donors (Lipinski definition) is 0. The van der Waals surface area contributed by atoms with Crippen molar-refractivity contribution in [2.45, 2.75) is 38.3 Å². The van der Waals surface area contributed by atoms with Crippen LogP contribution in [0.5, 0.6) is 5.75 Å². The predicted molar refractivity (Wildman–Crippen MR) is 113 cm³/mol. The van der Waals surface area contributed by atoms with Gasteiger partial charge in [0, 0.05) is 16.9 Å². The van der Waals surface area contributed by atoms with Gasteiger partial charge in [0.05, 0.1) is 12.2 Å². The average Bonchev–Trinajstić information content (AvgIpc) is 2.70. The maximum absolute atomic E-state index is 12.8. The van der Waals surface area contributed by atoms with E-state index in [9.17, 15) is 13.2 Å². The minimum atomic E-state index is -4.33. The van der Waals surface area contributed by atoms with Crippen molar-refractivity contribution in [2.75, 3.05) is 26.2 Å². The number of halogens is 4. The molecule has 0 amide bonds. The van der Waals surface area contributed by atoms with Gasteiger partial charge in [0.1, 0.15) is 5.75 Å². The third kappa shape index (κ3) is 6.22. The minimum Gasteiger partial charge on any atom is -0.493 e. The van der Waals surface area contributed by atoms with E-state index in [1.54, 1.807) is 0 Å². The van der Waals surface area contributed by atoms with E-state index in [-0.39, 0.29) is 5.92 Å². The lowest BCUT2D eigenvalue weighted by Crippen LogP contribution is -2.42. The van der Waals surface area contributed by atoms with Crippen molar-refractivity contribution < 1.29 is 17.9 Å². The molecule has 1 saturated heterocycles. The first-order chi connectivity index (χ1) is 13.9. The summed E-state index contributed by atoms with van der Waals surface area (Å²) in [7, 11) is 0. The van der Waals surface area contributed by atoms with Crippen LogP contribution >= 0.6 is 15.9 Å². The van der Waals surface area contributed by atoms with E-state index in [1.807, 2.05) is 6.07 Å². The molecule has 0 radical (unpaired) electrons. The second kappa shape index (κ2) is 9.98. The summed E-state index contributed by atoms with van der Waals surface area (Å²) in [5.41, 5.74) is 0.635. The van der Waals surface area contributed by atoms with Gasteiger partial charge < -0.3 is 9.64 Å². The van der Waals surface area contributed by atoms with Crippen LogP contribution in [-0.4, -0.2) is 31.1 Å². The fourth-order valence-electron chi connectivity index (χ4n) is 3.98. The van der Waals surface area contributed by atoms with Crippen LogP contribution in [0.1, 0.15) is 43.2 Å². The molecule has 1 heterocycles. The molecule has 0 bridgehead atoms. The van der Waals surface area contributed by atoms with Gasteiger partial charge in [0.15, 0.2) is 0 Å². The highest BCUT2D eigenvalue weighted by Crippen LogP contribution is 2.35. The normalized spacial score (nSPS) is 20.6. The average molecular weight is 470 g/mol. The van der Waals surface area contributed by atoms with Crippen molar-refractivity contribution in [1.82, 2.24) is 4.90 Å². The summed E-state index contributed by atoms with van der Waals surface area (Å²) in [6.07, 6.45) is -0.930. The molecule has 0 saturated carbocycles. The molecular weight excluding hydrogens is 443 g/mol. The van der Waals surface area contributed by atoms with Gasteiger partial charge in [0.25, 0.3) is 0 Å². The maximum Gasteiger partial charge on any atom is 0.416 e. The molecule has 158 valence electrons. The summed E-state index contributed by atoms with van der Waals surface area (Å²) in [6, 6.07) is 13.4. The Hall–Kier alpha value is -1.53. The molecule has 6 heteroatoms. The molecule has 0 aliphatic carbocycles. The van der Waals surface area contributed by atoms with Crippen LogP contribution in [0.2, 0.25) is 0 Å². The highest BCUT2D eigenvalue weighted by atomic mass is 79.9. The Kier molecular flexibility index (Phi) is 7.63. The Morgan fingerprint density at radius 1 is 1.14 bits per heavy atom. The Labute approximate surface area is 179 Å².